The molecular formula is C20H18N4O2S. The van der Waals surface area contributed by atoms with Crippen molar-refractivity contribution in [2.45, 2.75) is 18.5 Å². The molecule has 0 aliphatic rings. The predicted octanol–water partition coefficient (Wildman–Crippen LogP) is 4.55. The number of benzene rings is 2. The highest BCUT2D eigenvalue weighted by molar-refractivity contribution is 7.98. The molecule has 0 radical (unpaired) electrons. The molecule has 0 aliphatic carbocycles. The molecule has 0 bridgehead atoms. The molecule has 0 aliphatic heterocycles. The Labute approximate surface area is 160 Å². The Morgan fingerprint density at radius 2 is 2.15 bits per heavy atom. The maximum Gasteiger partial charge on any atom is 0.255 e. The number of carbonyl (C=O) groups is 1. The number of hydrogen-bond acceptors (Lipinski definition) is 5. The van der Waals surface area contributed by atoms with Crippen LogP contribution >= 0.6 is 11.8 Å². The average molecular weight is 378 g/mol. The summed E-state index contributed by atoms with van der Waals surface area (Å²) in [6.45, 7) is 1.99. The highest BCUT2D eigenvalue weighted by atomic mass is 32.2. The van der Waals surface area contributed by atoms with E-state index < -0.39 is 0 Å². The summed E-state index contributed by atoms with van der Waals surface area (Å²) in [5.41, 5.74) is 3.60. The summed E-state index contributed by atoms with van der Waals surface area (Å²) in [6, 6.07) is 12.9. The van der Waals surface area contributed by atoms with Crippen LogP contribution in [0.25, 0.3) is 16.8 Å². The largest absolute Gasteiger partial charge is 0.441 e. The van der Waals surface area contributed by atoms with Crippen molar-refractivity contribution in [2.75, 3.05) is 11.6 Å². The number of carbonyl (C=O) groups excluding carboxylic acids is 1. The number of imidazole rings is 1. The first-order valence-corrected chi connectivity index (χ1v) is 9.79. The Bertz CT molecular complexity index is 1120. The first-order valence-electron chi connectivity index (χ1n) is 8.56. The Balaban J connectivity index is 1.59. The smallest absolute Gasteiger partial charge is 0.255 e. The van der Waals surface area contributed by atoms with Gasteiger partial charge in [0.15, 0.2) is 16.6 Å². The minimum atomic E-state index is -0.179. The van der Waals surface area contributed by atoms with Crippen LogP contribution in [0.15, 0.2) is 64.4 Å². The Hall–Kier alpha value is -3.06. The number of aryl methyl sites for hydroxylation is 1. The summed E-state index contributed by atoms with van der Waals surface area (Å²) >= 11 is 1.55. The van der Waals surface area contributed by atoms with Gasteiger partial charge >= 0.3 is 0 Å². The molecule has 1 amide bonds. The third kappa shape index (κ3) is 3.46. The van der Waals surface area contributed by atoms with E-state index in [0.717, 1.165) is 28.4 Å². The average Bonchev–Trinajstić information content (AvgIpc) is 3.34. The number of amides is 1. The Morgan fingerprint density at radius 1 is 1.26 bits per heavy atom. The lowest BCUT2D eigenvalue weighted by atomic mass is 10.1. The van der Waals surface area contributed by atoms with E-state index in [4.69, 9.17) is 4.42 Å². The summed E-state index contributed by atoms with van der Waals surface area (Å²) in [5.74, 6) is 0.507. The van der Waals surface area contributed by atoms with Gasteiger partial charge in [-0.25, -0.2) is 9.97 Å². The zero-order chi connectivity index (χ0) is 18.8. The molecule has 27 heavy (non-hydrogen) atoms. The van der Waals surface area contributed by atoms with Crippen LogP contribution < -0.4 is 5.32 Å². The van der Waals surface area contributed by atoms with E-state index in [-0.39, 0.29) is 5.91 Å². The molecule has 0 atom stereocenters. The van der Waals surface area contributed by atoms with E-state index in [0.29, 0.717) is 17.1 Å². The third-order valence-electron chi connectivity index (χ3n) is 4.17. The standard InChI is InChI=1S/C20H18N4O2S/c1-3-18-23-16-12-14(7-8-17(16)26-18)22-19(25)13-5-4-6-15(11-13)24-10-9-21-20(24)27-2/h4-12H,3H2,1-2H3,(H,22,25). The van der Waals surface area contributed by atoms with Gasteiger partial charge in [0, 0.05) is 35.8 Å². The van der Waals surface area contributed by atoms with E-state index in [2.05, 4.69) is 15.3 Å². The lowest BCUT2D eigenvalue weighted by Crippen LogP contribution is -2.12. The van der Waals surface area contributed by atoms with Gasteiger partial charge in [-0.15, -0.1) is 0 Å². The predicted molar refractivity (Wildman–Crippen MR) is 107 cm³/mol. The fourth-order valence-electron chi connectivity index (χ4n) is 2.84. The molecule has 2 aromatic carbocycles. The number of thioether (sulfide) groups is 1. The summed E-state index contributed by atoms with van der Waals surface area (Å²) in [6.07, 6.45) is 6.33. The first kappa shape index (κ1) is 17.4. The SMILES string of the molecule is CCc1nc2cc(NC(=O)c3cccc(-n4ccnc4SC)c3)ccc2o1. The van der Waals surface area contributed by atoms with Crippen molar-refractivity contribution in [3.8, 4) is 5.69 Å². The van der Waals surface area contributed by atoms with Crippen molar-refractivity contribution >= 4 is 34.5 Å². The minimum Gasteiger partial charge on any atom is -0.441 e. The molecule has 0 saturated heterocycles. The minimum absolute atomic E-state index is 0.179. The number of anilines is 1. The van der Waals surface area contributed by atoms with Gasteiger partial charge in [0.05, 0.1) is 0 Å². The zero-order valence-corrected chi connectivity index (χ0v) is 15.8. The van der Waals surface area contributed by atoms with Crippen LogP contribution in [0.2, 0.25) is 0 Å². The number of fused-ring (bicyclic) bond motifs is 1. The van der Waals surface area contributed by atoms with Crippen molar-refractivity contribution in [2.24, 2.45) is 0 Å². The number of nitrogens with zero attached hydrogens (tertiary/aromatic N) is 3. The molecule has 4 rings (SSSR count). The van der Waals surface area contributed by atoms with Crippen LogP contribution in [0.1, 0.15) is 23.2 Å². The molecular weight excluding hydrogens is 360 g/mol. The second-order valence-corrected chi connectivity index (χ2v) is 6.71. The van der Waals surface area contributed by atoms with Crippen LogP contribution in [0, 0.1) is 0 Å². The third-order valence-corrected chi connectivity index (χ3v) is 4.84. The molecule has 0 spiro atoms. The van der Waals surface area contributed by atoms with Crippen LogP contribution in [-0.2, 0) is 6.42 Å². The molecule has 0 fully saturated rings. The van der Waals surface area contributed by atoms with Gasteiger partial charge in [-0.05, 0) is 42.7 Å². The first-order chi connectivity index (χ1) is 13.2. The van der Waals surface area contributed by atoms with Gasteiger partial charge in [0.25, 0.3) is 5.91 Å². The fraction of sp³-hybridized carbons (Fsp3) is 0.150. The lowest BCUT2D eigenvalue weighted by Gasteiger charge is -2.09. The Morgan fingerprint density at radius 3 is 2.96 bits per heavy atom. The van der Waals surface area contributed by atoms with Gasteiger partial charge in [-0.2, -0.15) is 0 Å². The maximum atomic E-state index is 12.7. The zero-order valence-electron chi connectivity index (χ0n) is 15.0. The Kier molecular flexibility index (Phi) is 4.68. The molecule has 7 heteroatoms. The van der Waals surface area contributed by atoms with Gasteiger partial charge in [0.1, 0.15) is 5.52 Å². The quantitative estimate of drug-likeness (QED) is 0.516. The second kappa shape index (κ2) is 7.28. The van der Waals surface area contributed by atoms with E-state index in [1.54, 1.807) is 24.0 Å². The molecule has 4 aromatic rings. The van der Waals surface area contributed by atoms with Gasteiger partial charge in [-0.1, -0.05) is 24.8 Å². The van der Waals surface area contributed by atoms with Crippen LogP contribution in [-0.4, -0.2) is 26.7 Å². The van der Waals surface area contributed by atoms with Crippen molar-refractivity contribution < 1.29 is 9.21 Å². The summed E-state index contributed by atoms with van der Waals surface area (Å²) in [5, 5.41) is 3.80. The van der Waals surface area contributed by atoms with E-state index in [1.165, 1.54) is 0 Å². The van der Waals surface area contributed by atoms with E-state index in [9.17, 15) is 4.79 Å². The highest BCUT2D eigenvalue weighted by Gasteiger charge is 2.11. The van der Waals surface area contributed by atoms with Crippen LogP contribution in [0.3, 0.4) is 0 Å². The molecule has 0 unspecified atom stereocenters. The topological polar surface area (TPSA) is 73.0 Å². The normalized spacial score (nSPS) is 11.0. The maximum absolute atomic E-state index is 12.7. The monoisotopic (exact) mass is 378 g/mol. The molecule has 2 aromatic heterocycles. The van der Waals surface area contributed by atoms with Crippen molar-refractivity contribution in [1.29, 1.82) is 0 Å². The molecule has 0 saturated carbocycles. The van der Waals surface area contributed by atoms with Crippen molar-refractivity contribution in [3.05, 3.63) is 66.3 Å². The van der Waals surface area contributed by atoms with Gasteiger partial charge < -0.3 is 9.73 Å². The number of nitrogens with one attached hydrogen (secondary N) is 1. The van der Waals surface area contributed by atoms with E-state index in [1.807, 2.05) is 60.3 Å². The van der Waals surface area contributed by atoms with E-state index >= 15 is 0 Å². The second-order valence-electron chi connectivity index (χ2n) is 5.93. The highest BCUT2D eigenvalue weighted by Crippen LogP contribution is 2.22. The molecule has 1 N–H and O–H groups in total. The van der Waals surface area contributed by atoms with Crippen molar-refractivity contribution in [1.82, 2.24) is 14.5 Å². The van der Waals surface area contributed by atoms with Crippen LogP contribution in [0.4, 0.5) is 5.69 Å². The molecule has 136 valence electrons. The van der Waals surface area contributed by atoms with Gasteiger partial charge in [0.2, 0.25) is 0 Å². The fourth-order valence-corrected chi connectivity index (χ4v) is 3.37. The number of aromatic nitrogens is 3. The van der Waals surface area contributed by atoms with Gasteiger partial charge in [-0.3, -0.25) is 9.36 Å². The number of oxazole rings is 1. The molecule has 6 nitrogen and oxygen atoms in total. The summed E-state index contributed by atoms with van der Waals surface area (Å²) < 4.78 is 7.56. The van der Waals surface area contributed by atoms with Crippen LogP contribution in [0.5, 0.6) is 0 Å². The number of rotatable bonds is 5. The van der Waals surface area contributed by atoms with Crippen molar-refractivity contribution in [3.63, 3.8) is 0 Å². The summed E-state index contributed by atoms with van der Waals surface area (Å²) in [7, 11) is 0. The molecule has 2 heterocycles. The summed E-state index contributed by atoms with van der Waals surface area (Å²) in [4.78, 5) is 21.4. The number of hydrogen-bond donors (Lipinski definition) is 1. The lowest BCUT2D eigenvalue weighted by molar-refractivity contribution is 0.102.